The Morgan fingerprint density at radius 1 is 1.58 bits per heavy atom. The number of aromatic amines is 1. The Kier molecular flexibility index (Phi) is 2.43. The van der Waals surface area contributed by atoms with Crippen LogP contribution in [0.3, 0.4) is 0 Å². The molecule has 1 heterocycles. The van der Waals surface area contributed by atoms with Gasteiger partial charge in [-0.25, -0.2) is 0 Å². The molecule has 0 spiro atoms. The zero-order chi connectivity index (χ0) is 9.30. The predicted octanol–water partition coefficient (Wildman–Crippen LogP) is 1.86. The second-order valence-corrected chi connectivity index (χ2v) is 3.28. The van der Waals surface area contributed by atoms with E-state index in [9.17, 15) is 4.79 Å². The van der Waals surface area contributed by atoms with Crippen LogP contribution in [0.1, 0.15) is 25.5 Å². The second-order valence-electron chi connectivity index (χ2n) is 2.91. The summed E-state index contributed by atoms with van der Waals surface area (Å²) in [5, 5.41) is 9.04. The standard InChI is InChI=1S/C8H10ClNO2/c1-4(2)5-3-6(11)7(12)8(9)10-5/h3-4,12H,1-2H3,(H,10,11). The molecule has 0 aliphatic carbocycles. The summed E-state index contributed by atoms with van der Waals surface area (Å²) < 4.78 is 0. The minimum atomic E-state index is -0.442. The van der Waals surface area contributed by atoms with Gasteiger partial charge in [0.1, 0.15) is 0 Å². The molecule has 0 aliphatic heterocycles. The van der Waals surface area contributed by atoms with Crippen LogP contribution in [0.25, 0.3) is 0 Å². The maximum Gasteiger partial charge on any atom is 0.225 e. The first-order chi connectivity index (χ1) is 5.52. The zero-order valence-electron chi connectivity index (χ0n) is 6.89. The van der Waals surface area contributed by atoms with Crippen LogP contribution in [0.4, 0.5) is 0 Å². The summed E-state index contributed by atoms with van der Waals surface area (Å²) in [6, 6.07) is 1.35. The Labute approximate surface area is 75.0 Å². The molecule has 0 radical (unpaired) electrons. The molecule has 1 rings (SSSR count). The molecule has 0 fully saturated rings. The normalized spacial score (nSPS) is 10.7. The van der Waals surface area contributed by atoms with Crippen molar-refractivity contribution in [2.75, 3.05) is 0 Å². The molecule has 0 amide bonds. The highest BCUT2D eigenvalue weighted by molar-refractivity contribution is 6.30. The fourth-order valence-electron chi connectivity index (χ4n) is 0.851. The van der Waals surface area contributed by atoms with Crippen molar-refractivity contribution in [3.8, 4) is 5.75 Å². The fraction of sp³-hybridized carbons (Fsp3) is 0.375. The molecular formula is C8H10ClNO2. The van der Waals surface area contributed by atoms with Crippen LogP contribution in [0.5, 0.6) is 5.75 Å². The highest BCUT2D eigenvalue weighted by Gasteiger charge is 2.07. The lowest BCUT2D eigenvalue weighted by atomic mass is 10.1. The third-order valence-corrected chi connectivity index (χ3v) is 1.88. The number of aromatic nitrogens is 1. The Bertz CT molecular complexity index is 343. The van der Waals surface area contributed by atoms with E-state index in [0.717, 1.165) is 5.69 Å². The van der Waals surface area contributed by atoms with Crippen molar-refractivity contribution in [1.29, 1.82) is 0 Å². The molecule has 4 heteroatoms. The number of H-pyrrole nitrogens is 1. The summed E-state index contributed by atoms with van der Waals surface area (Å²) >= 11 is 5.56. The number of hydrogen-bond acceptors (Lipinski definition) is 2. The summed E-state index contributed by atoms with van der Waals surface area (Å²) in [7, 11) is 0. The van der Waals surface area contributed by atoms with Crippen LogP contribution in [0.15, 0.2) is 10.9 Å². The van der Waals surface area contributed by atoms with Gasteiger partial charge in [-0.15, -0.1) is 0 Å². The maximum atomic E-state index is 11.0. The average Bonchev–Trinajstić information content (AvgIpc) is 1.99. The van der Waals surface area contributed by atoms with Crippen LogP contribution >= 0.6 is 11.6 Å². The molecule has 12 heavy (non-hydrogen) atoms. The zero-order valence-corrected chi connectivity index (χ0v) is 7.64. The number of nitrogens with one attached hydrogen (secondary N) is 1. The van der Waals surface area contributed by atoms with E-state index in [2.05, 4.69) is 4.98 Å². The molecule has 0 atom stereocenters. The molecule has 0 unspecified atom stereocenters. The quantitative estimate of drug-likeness (QED) is 0.660. The van der Waals surface area contributed by atoms with Crippen molar-refractivity contribution in [2.45, 2.75) is 19.8 Å². The maximum absolute atomic E-state index is 11.0. The minimum absolute atomic E-state index is 0.00574. The largest absolute Gasteiger partial charge is 0.502 e. The van der Waals surface area contributed by atoms with Gasteiger partial charge in [0.15, 0.2) is 10.9 Å². The van der Waals surface area contributed by atoms with Gasteiger partial charge in [0.2, 0.25) is 5.43 Å². The van der Waals surface area contributed by atoms with Gasteiger partial charge in [0, 0.05) is 11.8 Å². The van der Waals surface area contributed by atoms with E-state index in [0.29, 0.717) is 0 Å². The van der Waals surface area contributed by atoms with E-state index in [1.54, 1.807) is 0 Å². The van der Waals surface area contributed by atoms with Crippen molar-refractivity contribution in [2.24, 2.45) is 0 Å². The first kappa shape index (κ1) is 9.13. The molecule has 0 saturated heterocycles. The van der Waals surface area contributed by atoms with Crippen molar-refractivity contribution >= 4 is 11.6 Å². The number of aromatic hydroxyl groups is 1. The number of halogens is 1. The summed E-state index contributed by atoms with van der Waals surface area (Å²) in [5.41, 5.74) is 0.283. The summed E-state index contributed by atoms with van der Waals surface area (Å²) in [4.78, 5) is 13.7. The molecular weight excluding hydrogens is 178 g/mol. The van der Waals surface area contributed by atoms with E-state index in [1.807, 2.05) is 13.8 Å². The fourth-order valence-corrected chi connectivity index (χ4v) is 1.05. The average molecular weight is 188 g/mol. The molecule has 1 aromatic rings. The van der Waals surface area contributed by atoms with E-state index in [-0.39, 0.29) is 11.1 Å². The van der Waals surface area contributed by atoms with Crippen molar-refractivity contribution in [1.82, 2.24) is 4.98 Å². The molecule has 0 aromatic carbocycles. The van der Waals surface area contributed by atoms with E-state index in [1.165, 1.54) is 6.07 Å². The van der Waals surface area contributed by atoms with Gasteiger partial charge in [-0.2, -0.15) is 0 Å². The van der Waals surface area contributed by atoms with E-state index >= 15 is 0 Å². The van der Waals surface area contributed by atoms with Crippen molar-refractivity contribution < 1.29 is 5.11 Å². The first-order valence-corrected chi connectivity index (χ1v) is 4.02. The molecule has 0 aliphatic rings. The number of rotatable bonds is 1. The topological polar surface area (TPSA) is 53.1 Å². The highest BCUT2D eigenvalue weighted by atomic mass is 35.5. The molecule has 3 nitrogen and oxygen atoms in total. The van der Waals surface area contributed by atoms with Gasteiger partial charge in [-0.1, -0.05) is 25.4 Å². The third kappa shape index (κ3) is 1.61. The van der Waals surface area contributed by atoms with E-state index in [4.69, 9.17) is 16.7 Å². The monoisotopic (exact) mass is 187 g/mol. The van der Waals surface area contributed by atoms with Gasteiger partial charge in [0.25, 0.3) is 0 Å². The molecule has 0 bridgehead atoms. The van der Waals surface area contributed by atoms with Crippen LogP contribution in [0.2, 0.25) is 5.15 Å². The molecule has 2 N–H and O–H groups in total. The second kappa shape index (κ2) is 3.19. The van der Waals surface area contributed by atoms with Gasteiger partial charge < -0.3 is 10.1 Å². The van der Waals surface area contributed by atoms with Gasteiger partial charge in [-0.3, -0.25) is 4.79 Å². The van der Waals surface area contributed by atoms with Crippen LogP contribution in [0, 0.1) is 0 Å². The third-order valence-electron chi connectivity index (χ3n) is 1.60. The predicted molar refractivity (Wildman–Crippen MR) is 47.8 cm³/mol. The molecule has 66 valence electrons. The Morgan fingerprint density at radius 3 is 2.58 bits per heavy atom. The summed E-state index contributed by atoms with van der Waals surface area (Å²) in [5.74, 6) is -0.225. The Morgan fingerprint density at radius 2 is 2.17 bits per heavy atom. The lowest BCUT2D eigenvalue weighted by molar-refractivity contribution is 0.467. The summed E-state index contributed by atoms with van der Waals surface area (Å²) in [6.45, 7) is 3.86. The molecule has 0 saturated carbocycles. The van der Waals surface area contributed by atoms with Crippen LogP contribution in [-0.2, 0) is 0 Å². The number of hydrogen-bond donors (Lipinski definition) is 2. The summed E-state index contributed by atoms with van der Waals surface area (Å²) in [6.07, 6.45) is 0. The smallest absolute Gasteiger partial charge is 0.225 e. The van der Waals surface area contributed by atoms with Crippen molar-refractivity contribution in [3.63, 3.8) is 0 Å². The highest BCUT2D eigenvalue weighted by Crippen LogP contribution is 2.18. The lowest BCUT2D eigenvalue weighted by Gasteiger charge is -2.05. The SMILES string of the molecule is CC(C)c1cc(=O)c(O)c(Cl)[nH]1. The molecule has 1 aromatic heterocycles. The van der Waals surface area contributed by atoms with Crippen molar-refractivity contribution in [3.05, 3.63) is 27.1 Å². The van der Waals surface area contributed by atoms with Crippen LogP contribution < -0.4 is 5.43 Å². The minimum Gasteiger partial charge on any atom is -0.502 e. The van der Waals surface area contributed by atoms with Gasteiger partial charge >= 0.3 is 0 Å². The Balaban J connectivity index is 3.31. The van der Waals surface area contributed by atoms with Crippen LogP contribution in [-0.4, -0.2) is 10.1 Å². The van der Waals surface area contributed by atoms with Gasteiger partial charge in [0.05, 0.1) is 0 Å². The first-order valence-electron chi connectivity index (χ1n) is 3.64. The van der Waals surface area contributed by atoms with Gasteiger partial charge in [-0.05, 0) is 5.92 Å². The number of pyridine rings is 1. The lowest BCUT2D eigenvalue weighted by Crippen LogP contribution is -2.05. The Hall–Kier alpha value is -0.960. The van der Waals surface area contributed by atoms with E-state index < -0.39 is 11.2 Å².